The summed E-state index contributed by atoms with van der Waals surface area (Å²) in [6.45, 7) is 1.81. The molecular formula is C11H9ClN4O. The van der Waals surface area contributed by atoms with Gasteiger partial charge in [-0.15, -0.1) is 11.6 Å². The van der Waals surface area contributed by atoms with Crippen molar-refractivity contribution in [1.29, 1.82) is 0 Å². The molecule has 0 spiro atoms. The van der Waals surface area contributed by atoms with E-state index in [1.807, 2.05) is 6.92 Å². The molecule has 0 fully saturated rings. The maximum Gasteiger partial charge on any atom is 0.212 e. The topological polar surface area (TPSA) is 56.2 Å². The Morgan fingerprint density at radius 3 is 3.00 bits per heavy atom. The van der Waals surface area contributed by atoms with Crippen molar-refractivity contribution >= 4 is 17.1 Å². The molecule has 0 aliphatic rings. The van der Waals surface area contributed by atoms with E-state index in [4.69, 9.17) is 16.0 Å². The fourth-order valence-corrected chi connectivity index (χ4v) is 1.72. The average molecular weight is 249 g/mol. The number of aromatic nitrogens is 4. The van der Waals surface area contributed by atoms with Crippen LogP contribution in [0, 0.1) is 0 Å². The molecule has 3 aromatic rings. The van der Waals surface area contributed by atoms with E-state index < -0.39 is 0 Å². The van der Waals surface area contributed by atoms with Gasteiger partial charge in [0.25, 0.3) is 0 Å². The standard InChI is InChI=1S/C11H9ClN4O/c1-7(12)11-14-6-10(17-11)8-4-15-16-3-2-13-5-9(8)16/h2-7H,1H3. The highest BCUT2D eigenvalue weighted by molar-refractivity contribution is 6.20. The molecule has 86 valence electrons. The SMILES string of the molecule is CC(Cl)c1ncc(-c2cnn3ccncc23)o1. The van der Waals surface area contributed by atoms with Gasteiger partial charge in [-0.1, -0.05) is 0 Å². The summed E-state index contributed by atoms with van der Waals surface area (Å²) in [5.41, 5.74) is 1.73. The first-order valence-corrected chi connectivity index (χ1v) is 5.57. The summed E-state index contributed by atoms with van der Waals surface area (Å²) in [6, 6.07) is 0. The number of hydrogen-bond donors (Lipinski definition) is 0. The second-order valence-electron chi connectivity index (χ2n) is 3.64. The maximum absolute atomic E-state index is 5.91. The fourth-order valence-electron chi connectivity index (χ4n) is 1.62. The van der Waals surface area contributed by atoms with Gasteiger partial charge in [0.2, 0.25) is 5.89 Å². The lowest BCUT2D eigenvalue weighted by Gasteiger charge is -1.95. The Bertz CT molecular complexity index is 658. The number of hydrogen-bond acceptors (Lipinski definition) is 4. The molecule has 3 aromatic heterocycles. The first kappa shape index (κ1) is 10.3. The van der Waals surface area contributed by atoms with Crippen LogP contribution in [0.25, 0.3) is 16.8 Å². The van der Waals surface area contributed by atoms with Crippen LogP contribution in [-0.4, -0.2) is 19.6 Å². The van der Waals surface area contributed by atoms with Crippen molar-refractivity contribution in [3.8, 4) is 11.3 Å². The first-order valence-electron chi connectivity index (χ1n) is 5.13. The van der Waals surface area contributed by atoms with E-state index in [9.17, 15) is 0 Å². The number of oxazole rings is 1. The van der Waals surface area contributed by atoms with E-state index >= 15 is 0 Å². The van der Waals surface area contributed by atoms with Gasteiger partial charge in [0.1, 0.15) is 5.38 Å². The average Bonchev–Trinajstić information content (AvgIpc) is 2.95. The van der Waals surface area contributed by atoms with Gasteiger partial charge in [-0.05, 0) is 6.92 Å². The van der Waals surface area contributed by atoms with Crippen LogP contribution in [0.3, 0.4) is 0 Å². The smallest absolute Gasteiger partial charge is 0.212 e. The van der Waals surface area contributed by atoms with Crippen LogP contribution in [-0.2, 0) is 0 Å². The summed E-state index contributed by atoms with van der Waals surface area (Å²) in [5.74, 6) is 1.15. The second kappa shape index (κ2) is 3.85. The Morgan fingerprint density at radius 1 is 1.35 bits per heavy atom. The van der Waals surface area contributed by atoms with Crippen LogP contribution >= 0.6 is 11.6 Å². The lowest BCUT2D eigenvalue weighted by Crippen LogP contribution is -1.85. The van der Waals surface area contributed by atoms with Crippen molar-refractivity contribution in [2.24, 2.45) is 0 Å². The molecule has 0 saturated carbocycles. The third-order valence-corrected chi connectivity index (χ3v) is 2.64. The molecule has 0 aliphatic carbocycles. The molecule has 0 bridgehead atoms. The molecule has 5 nitrogen and oxygen atoms in total. The van der Waals surface area contributed by atoms with Crippen LogP contribution in [0.1, 0.15) is 18.2 Å². The van der Waals surface area contributed by atoms with E-state index in [-0.39, 0.29) is 5.38 Å². The number of rotatable bonds is 2. The summed E-state index contributed by atoms with van der Waals surface area (Å²) >= 11 is 5.91. The quantitative estimate of drug-likeness (QED) is 0.655. The molecule has 3 rings (SSSR count). The van der Waals surface area contributed by atoms with Gasteiger partial charge in [-0.3, -0.25) is 4.98 Å². The third kappa shape index (κ3) is 1.68. The summed E-state index contributed by atoms with van der Waals surface area (Å²) < 4.78 is 7.30. The zero-order valence-corrected chi connectivity index (χ0v) is 9.80. The normalized spacial score (nSPS) is 13.1. The van der Waals surface area contributed by atoms with Crippen molar-refractivity contribution in [2.75, 3.05) is 0 Å². The maximum atomic E-state index is 5.91. The van der Waals surface area contributed by atoms with Crippen molar-refractivity contribution in [1.82, 2.24) is 19.6 Å². The van der Waals surface area contributed by atoms with Gasteiger partial charge in [0, 0.05) is 12.4 Å². The second-order valence-corrected chi connectivity index (χ2v) is 4.30. The summed E-state index contributed by atoms with van der Waals surface area (Å²) in [7, 11) is 0. The molecule has 0 amide bonds. The predicted molar refractivity (Wildman–Crippen MR) is 62.8 cm³/mol. The molecule has 0 aliphatic heterocycles. The van der Waals surface area contributed by atoms with Gasteiger partial charge in [0.05, 0.1) is 29.7 Å². The minimum Gasteiger partial charge on any atom is -0.439 e. The Morgan fingerprint density at radius 2 is 2.24 bits per heavy atom. The van der Waals surface area contributed by atoms with Gasteiger partial charge >= 0.3 is 0 Å². The zero-order valence-electron chi connectivity index (χ0n) is 9.04. The highest BCUT2D eigenvalue weighted by atomic mass is 35.5. The Balaban J connectivity index is 2.14. The van der Waals surface area contributed by atoms with Gasteiger partial charge in [0.15, 0.2) is 5.76 Å². The van der Waals surface area contributed by atoms with E-state index in [0.29, 0.717) is 11.7 Å². The molecule has 1 atom stereocenters. The molecule has 1 unspecified atom stereocenters. The summed E-state index contributed by atoms with van der Waals surface area (Å²) in [6.07, 6.45) is 8.56. The molecule has 0 N–H and O–H groups in total. The van der Waals surface area contributed by atoms with Gasteiger partial charge in [-0.2, -0.15) is 5.10 Å². The van der Waals surface area contributed by atoms with Crippen LogP contribution in [0.15, 0.2) is 35.4 Å². The van der Waals surface area contributed by atoms with Crippen LogP contribution in [0.5, 0.6) is 0 Å². The minimum atomic E-state index is -0.247. The summed E-state index contributed by atoms with van der Waals surface area (Å²) in [4.78, 5) is 8.19. The monoisotopic (exact) mass is 248 g/mol. The molecule has 0 aromatic carbocycles. The predicted octanol–water partition coefficient (Wildman–Crippen LogP) is 2.68. The number of fused-ring (bicyclic) bond motifs is 1. The molecule has 3 heterocycles. The van der Waals surface area contributed by atoms with Crippen molar-refractivity contribution in [2.45, 2.75) is 12.3 Å². The van der Waals surface area contributed by atoms with Crippen molar-refractivity contribution in [3.05, 3.63) is 36.9 Å². The number of alkyl halides is 1. The van der Waals surface area contributed by atoms with E-state index in [2.05, 4.69) is 15.1 Å². The van der Waals surface area contributed by atoms with E-state index in [0.717, 1.165) is 11.1 Å². The van der Waals surface area contributed by atoms with E-state index in [1.165, 1.54) is 0 Å². The highest BCUT2D eigenvalue weighted by Crippen LogP contribution is 2.27. The Hall–Kier alpha value is -1.88. The molecular weight excluding hydrogens is 240 g/mol. The first-order chi connectivity index (χ1) is 8.25. The lowest BCUT2D eigenvalue weighted by atomic mass is 10.2. The van der Waals surface area contributed by atoms with Crippen LogP contribution < -0.4 is 0 Å². The molecule has 6 heteroatoms. The van der Waals surface area contributed by atoms with Crippen LogP contribution in [0.2, 0.25) is 0 Å². The fraction of sp³-hybridized carbons (Fsp3) is 0.182. The molecule has 0 radical (unpaired) electrons. The van der Waals surface area contributed by atoms with Crippen molar-refractivity contribution < 1.29 is 4.42 Å². The van der Waals surface area contributed by atoms with Gasteiger partial charge in [-0.25, -0.2) is 9.50 Å². The van der Waals surface area contributed by atoms with E-state index in [1.54, 1.807) is 35.5 Å². The number of nitrogens with zero attached hydrogens (tertiary/aromatic N) is 4. The van der Waals surface area contributed by atoms with Crippen LogP contribution in [0.4, 0.5) is 0 Å². The molecule has 0 saturated heterocycles. The van der Waals surface area contributed by atoms with Gasteiger partial charge < -0.3 is 4.42 Å². The molecule has 17 heavy (non-hydrogen) atoms. The van der Waals surface area contributed by atoms with Crippen molar-refractivity contribution in [3.63, 3.8) is 0 Å². The summed E-state index contributed by atoms with van der Waals surface area (Å²) in [5, 5.41) is 3.96. The number of halogens is 1. The largest absolute Gasteiger partial charge is 0.439 e. The Kier molecular flexibility index (Phi) is 2.33. The third-order valence-electron chi connectivity index (χ3n) is 2.45. The minimum absolute atomic E-state index is 0.247. The lowest BCUT2D eigenvalue weighted by molar-refractivity contribution is 0.508. The zero-order chi connectivity index (χ0) is 11.8. The Labute approximate surface area is 102 Å². The highest BCUT2D eigenvalue weighted by Gasteiger charge is 2.14.